The number of methoxy groups -OCH3 is 1. The molecule has 8 nitrogen and oxygen atoms in total. The van der Waals surface area contributed by atoms with Gasteiger partial charge in [-0.15, -0.1) is 0 Å². The first-order valence-electron chi connectivity index (χ1n) is 12.6. The van der Waals surface area contributed by atoms with Gasteiger partial charge >= 0.3 is 0 Å². The van der Waals surface area contributed by atoms with Gasteiger partial charge in [0.25, 0.3) is 0 Å². The number of anilines is 1. The van der Waals surface area contributed by atoms with Crippen LogP contribution >= 0.6 is 11.6 Å². The van der Waals surface area contributed by atoms with E-state index in [9.17, 15) is 18.0 Å². The number of nitrogens with zero attached hydrogens (tertiary/aromatic N) is 2. The van der Waals surface area contributed by atoms with E-state index < -0.39 is 21.6 Å². The number of carbonyl (C=O) groups excluding carboxylic acids is 2. The molecule has 0 aliphatic heterocycles. The average molecular weight is 566 g/mol. The normalized spacial score (nSPS) is 12.5. The number of benzene rings is 2. The standard InChI is InChI=1S/C28H40ClN3O5S/c1-8-24(27(34)30-28(3,4)5)31(19-21-12-9-11-20(2)17-21)26(33)13-10-16-32(38(7,35)36)22-14-15-25(37-6)23(29)18-22/h9,11-12,14-15,17-18,24H,8,10,13,16,19H2,1-7H3,(H,30,34)/t24-/m1/s1. The second-order valence-corrected chi connectivity index (χ2v) is 12.7. The minimum Gasteiger partial charge on any atom is -0.495 e. The molecule has 0 radical (unpaired) electrons. The van der Waals surface area contributed by atoms with Crippen LogP contribution in [0.25, 0.3) is 0 Å². The molecule has 0 aliphatic rings. The SMILES string of the molecule is CC[C@H](C(=O)NC(C)(C)C)N(Cc1cccc(C)c1)C(=O)CCCN(c1ccc(OC)c(Cl)c1)S(C)(=O)=O. The van der Waals surface area contributed by atoms with Crippen LogP contribution in [0, 0.1) is 6.92 Å². The van der Waals surface area contributed by atoms with Crippen LogP contribution in [-0.4, -0.2) is 56.6 Å². The molecule has 2 rings (SSSR count). The summed E-state index contributed by atoms with van der Waals surface area (Å²) in [6.07, 6.45) is 1.89. The van der Waals surface area contributed by atoms with Crippen LogP contribution in [-0.2, 0) is 26.2 Å². The van der Waals surface area contributed by atoms with Gasteiger partial charge in [0.05, 0.1) is 24.1 Å². The van der Waals surface area contributed by atoms with Gasteiger partial charge in [-0.05, 0) is 64.3 Å². The van der Waals surface area contributed by atoms with Crippen molar-refractivity contribution < 1.29 is 22.7 Å². The van der Waals surface area contributed by atoms with Gasteiger partial charge in [-0.2, -0.15) is 0 Å². The van der Waals surface area contributed by atoms with Crippen molar-refractivity contribution in [2.24, 2.45) is 0 Å². The molecule has 0 aliphatic carbocycles. The third-order valence-electron chi connectivity index (χ3n) is 5.90. The van der Waals surface area contributed by atoms with Crippen molar-refractivity contribution in [3.63, 3.8) is 0 Å². The molecule has 1 atom stereocenters. The molecule has 10 heteroatoms. The first-order valence-corrected chi connectivity index (χ1v) is 14.9. The summed E-state index contributed by atoms with van der Waals surface area (Å²) >= 11 is 6.22. The number of carbonyl (C=O) groups is 2. The summed E-state index contributed by atoms with van der Waals surface area (Å²) in [5.74, 6) is 0.000228. The van der Waals surface area contributed by atoms with Crippen LogP contribution in [0.3, 0.4) is 0 Å². The number of ether oxygens (including phenoxy) is 1. The number of hydrogen-bond acceptors (Lipinski definition) is 5. The Labute approximate surface area is 232 Å². The van der Waals surface area contributed by atoms with Gasteiger partial charge in [-0.1, -0.05) is 48.4 Å². The lowest BCUT2D eigenvalue weighted by atomic mass is 10.0. The lowest BCUT2D eigenvalue weighted by Crippen LogP contribution is -2.53. The fraction of sp³-hybridized carbons (Fsp3) is 0.500. The van der Waals surface area contributed by atoms with Crippen molar-refractivity contribution in [1.29, 1.82) is 0 Å². The number of amides is 2. The minimum absolute atomic E-state index is 0.0705. The zero-order valence-electron chi connectivity index (χ0n) is 23.4. The molecule has 0 saturated carbocycles. The lowest BCUT2D eigenvalue weighted by Gasteiger charge is -2.33. The smallest absolute Gasteiger partial charge is 0.243 e. The van der Waals surface area contributed by atoms with E-state index in [0.29, 0.717) is 17.9 Å². The Hall–Kier alpha value is -2.78. The molecule has 210 valence electrons. The highest BCUT2D eigenvalue weighted by atomic mass is 35.5. The van der Waals surface area contributed by atoms with E-state index in [0.717, 1.165) is 17.4 Å². The van der Waals surface area contributed by atoms with Gasteiger partial charge in [-0.25, -0.2) is 8.42 Å². The largest absolute Gasteiger partial charge is 0.495 e. The maximum atomic E-state index is 13.5. The van der Waals surface area contributed by atoms with Crippen LogP contribution in [0.15, 0.2) is 42.5 Å². The van der Waals surface area contributed by atoms with Gasteiger partial charge in [0.2, 0.25) is 21.8 Å². The number of halogens is 1. The minimum atomic E-state index is -3.64. The Kier molecular flexibility index (Phi) is 11.0. The van der Waals surface area contributed by atoms with Gasteiger partial charge in [0, 0.05) is 25.0 Å². The number of rotatable bonds is 12. The average Bonchev–Trinajstić information content (AvgIpc) is 2.79. The Morgan fingerprint density at radius 2 is 1.82 bits per heavy atom. The zero-order valence-corrected chi connectivity index (χ0v) is 24.9. The highest BCUT2D eigenvalue weighted by Crippen LogP contribution is 2.30. The number of sulfonamides is 1. The number of nitrogens with one attached hydrogen (secondary N) is 1. The van der Waals surface area contributed by atoms with Crippen molar-refractivity contribution in [2.45, 2.75) is 72.0 Å². The number of aryl methyl sites for hydroxylation is 1. The molecule has 2 amide bonds. The Morgan fingerprint density at radius 3 is 2.34 bits per heavy atom. The first kappa shape index (κ1) is 31.4. The molecule has 0 spiro atoms. The van der Waals surface area contributed by atoms with Gasteiger partial charge in [-0.3, -0.25) is 13.9 Å². The summed E-state index contributed by atoms with van der Waals surface area (Å²) in [6, 6.07) is 11.9. The van der Waals surface area contributed by atoms with E-state index in [1.807, 2.05) is 58.9 Å². The topological polar surface area (TPSA) is 96.0 Å². The van der Waals surface area contributed by atoms with Gasteiger partial charge in [0.15, 0.2) is 0 Å². The third-order valence-corrected chi connectivity index (χ3v) is 7.38. The molecular weight excluding hydrogens is 526 g/mol. The van der Waals surface area contributed by atoms with E-state index in [2.05, 4.69) is 5.32 Å². The molecule has 2 aromatic carbocycles. The predicted octanol–water partition coefficient (Wildman–Crippen LogP) is 4.93. The monoisotopic (exact) mass is 565 g/mol. The Morgan fingerprint density at radius 1 is 1.13 bits per heavy atom. The molecule has 38 heavy (non-hydrogen) atoms. The van der Waals surface area contributed by atoms with Gasteiger partial charge < -0.3 is 15.0 Å². The molecule has 0 fully saturated rings. The van der Waals surface area contributed by atoms with Crippen molar-refractivity contribution in [3.05, 3.63) is 58.6 Å². The second kappa shape index (κ2) is 13.3. The van der Waals surface area contributed by atoms with E-state index >= 15 is 0 Å². The van der Waals surface area contributed by atoms with E-state index in [-0.39, 0.29) is 42.8 Å². The van der Waals surface area contributed by atoms with Crippen LogP contribution in [0.1, 0.15) is 58.1 Å². The second-order valence-electron chi connectivity index (χ2n) is 10.4. The Balaban J connectivity index is 2.26. The maximum Gasteiger partial charge on any atom is 0.243 e. The predicted molar refractivity (Wildman–Crippen MR) is 153 cm³/mol. The van der Waals surface area contributed by atoms with Gasteiger partial charge in [0.1, 0.15) is 11.8 Å². The molecular formula is C28H40ClN3O5S. The highest BCUT2D eigenvalue weighted by molar-refractivity contribution is 7.92. The quantitative estimate of drug-likeness (QED) is 0.394. The fourth-order valence-corrected chi connectivity index (χ4v) is 5.40. The number of hydrogen-bond donors (Lipinski definition) is 1. The summed E-state index contributed by atoms with van der Waals surface area (Å²) in [7, 11) is -2.15. The molecule has 0 bridgehead atoms. The van der Waals surface area contributed by atoms with Crippen LogP contribution in [0.4, 0.5) is 5.69 Å². The van der Waals surface area contributed by atoms with Crippen LogP contribution < -0.4 is 14.4 Å². The molecule has 2 aromatic rings. The summed E-state index contributed by atoms with van der Waals surface area (Å²) < 4.78 is 31.5. The van der Waals surface area contributed by atoms with Crippen LogP contribution in [0.5, 0.6) is 5.75 Å². The van der Waals surface area contributed by atoms with E-state index in [1.54, 1.807) is 17.0 Å². The van der Waals surface area contributed by atoms with Crippen LogP contribution in [0.2, 0.25) is 5.02 Å². The first-order chi connectivity index (χ1) is 17.7. The summed E-state index contributed by atoms with van der Waals surface area (Å²) in [5.41, 5.74) is 1.92. The third kappa shape index (κ3) is 9.20. The summed E-state index contributed by atoms with van der Waals surface area (Å²) in [6.45, 7) is 9.91. The fourth-order valence-electron chi connectivity index (χ4n) is 4.19. The molecule has 0 aromatic heterocycles. The summed E-state index contributed by atoms with van der Waals surface area (Å²) in [4.78, 5) is 28.3. The van der Waals surface area contributed by atoms with E-state index in [1.165, 1.54) is 17.5 Å². The highest BCUT2D eigenvalue weighted by Gasteiger charge is 2.30. The molecule has 0 heterocycles. The molecule has 1 N–H and O–H groups in total. The molecule has 0 unspecified atom stereocenters. The molecule has 0 saturated heterocycles. The Bertz CT molecular complexity index is 1230. The lowest BCUT2D eigenvalue weighted by molar-refractivity contribution is -0.142. The zero-order chi connectivity index (χ0) is 28.7. The van der Waals surface area contributed by atoms with Crippen molar-refractivity contribution in [1.82, 2.24) is 10.2 Å². The summed E-state index contributed by atoms with van der Waals surface area (Å²) in [5, 5.41) is 3.28. The van der Waals surface area contributed by atoms with Crippen molar-refractivity contribution in [3.8, 4) is 5.75 Å². The maximum absolute atomic E-state index is 13.5. The van der Waals surface area contributed by atoms with Crippen molar-refractivity contribution in [2.75, 3.05) is 24.2 Å². The van der Waals surface area contributed by atoms with Crippen molar-refractivity contribution >= 4 is 39.1 Å². The van der Waals surface area contributed by atoms with E-state index in [4.69, 9.17) is 16.3 Å².